The lowest BCUT2D eigenvalue weighted by Gasteiger charge is -2.32. The van der Waals surface area contributed by atoms with E-state index in [1.807, 2.05) is 33.8 Å². The fourth-order valence-corrected chi connectivity index (χ4v) is 2.08. The minimum atomic E-state index is -0.589. The molecule has 0 amide bonds. The van der Waals surface area contributed by atoms with Crippen molar-refractivity contribution in [2.24, 2.45) is 0 Å². The molecule has 1 saturated heterocycles. The van der Waals surface area contributed by atoms with E-state index >= 15 is 0 Å². The standard InChI is InChI=1S/C13H16BClN2O2/c1-12(2)13(3,4)19-14(18-12)9-5-8(7-16)10(15)6-11(9)17/h5-6H,17H2,1-4H3. The van der Waals surface area contributed by atoms with Crippen molar-refractivity contribution in [3.05, 3.63) is 22.7 Å². The van der Waals surface area contributed by atoms with E-state index in [1.165, 1.54) is 0 Å². The molecule has 0 aromatic heterocycles. The molecule has 0 aliphatic carbocycles. The summed E-state index contributed by atoms with van der Waals surface area (Å²) in [7, 11) is -0.589. The molecule has 0 radical (unpaired) electrons. The number of rotatable bonds is 1. The number of nitrogens with two attached hydrogens (primary N) is 1. The Bertz CT molecular complexity index is 550. The number of anilines is 1. The Balaban J connectivity index is 2.43. The van der Waals surface area contributed by atoms with Crippen LogP contribution in [0.3, 0.4) is 0 Å². The van der Waals surface area contributed by atoms with Gasteiger partial charge in [0.1, 0.15) is 6.07 Å². The van der Waals surface area contributed by atoms with Crippen LogP contribution in [0.25, 0.3) is 0 Å². The Kier molecular flexibility index (Phi) is 3.30. The molecular formula is C13H16BClN2O2. The van der Waals surface area contributed by atoms with Crippen LogP contribution in [0, 0.1) is 11.3 Å². The van der Waals surface area contributed by atoms with Crippen LogP contribution in [-0.4, -0.2) is 18.3 Å². The fourth-order valence-electron chi connectivity index (χ4n) is 1.87. The summed E-state index contributed by atoms with van der Waals surface area (Å²) in [6.07, 6.45) is 0. The van der Waals surface area contributed by atoms with Gasteiger partial charge in [-0.2, -0.15) is 5.26 Å². The van der Waals surface area contributed by atoms with Gasteiger partial charge in [-0.25, -0.2) is 0 Å². The number of hydrogen-bond acceptors (Lipinski definition) is 4. The van der Waals surface area contributed by atoms with E-state index in [1.54, 1.807) is 12.1 Å². The van der Waals surface area contributed by atoms with Crippen LogP contribution in [0.1, 0.15) is 33.3 Å². The molecule has 4 nitrogen and oxygen atoms in total. The SMILES string of the molecule is CC1(C)OB(c2cc(C#N)c(Cl)cc2N)OC1(C)C. The quantitative estimate of drug-likeness (QED) is 0.631. The second-order valence-electron chi connectivity index (χ2n) is 5.66. The fraction of sp³-hybridized carbons (Fsp3) is 0.462. The zero-order chi connectivity index (χ0) is 14.4. The van der Waals surface area contributed by atoms with Gasteiger partial charge >= 0.3 is 7.12 Å². The van der Waals surface area contributed by atoms with E-state index in [0.29, 0.717) is 21.7 Å². The maximum absolute atomic E-state index is 9.03. The van der Waals surface area contributed by atoms with Gasteiger partial charge in [0.05, 0.1) is 21.8 Å². The van der Waals surface area contributed by atoms with Crippen molar-refractivity contribution in [3.8, 4) is 6.07 Å². The first-order chi connectivity index (χ1) is 8.68. The Morgan fingerprint density at radius 1 is 1.21 bits per heavy atom. The molecule has 0 bridgehead atoms. The lowest BCUT2D eigenvalue weighted by molar-refractivity contribution is 0.00578. The second kappa shape index (κ2) is 4.41. The first-order valence-corrected chi connectivity index (χ1v) is 6.40. The number of nitrogens with zero attached hydrogens (tertiary/aromatic N) is 1. The highest BCUT2D eigenvalue weighted by Gasteiger charge is 2.52. The van der Waals surface area contributed by atoms with Crippen LogP contribution in [0.2, 0.25) is 5.02 Å². The molecule has 0 spiro atoms. The zero-order valence-corrected chi connectivity index (χ0v) is 12.2. The third kappa shape index (κ3) is 2.32. The summed E-state index contributed by atoms with van der Waals surface area (Å²) in [5, 5.41) is 9.36. The Morgan fingerprint density at radius 2 is 1.74 bits per heavy atom. The molecule has 19 heavy (non-hydrogen) atoms. The highest BCUT2D eigenvalue weighted by atomic mass is 35.5. The smallest absolute Gasteiger partial charge is 0.399 e. The van der Waals surface area contributed by atoms with Crippen LogP contribution in [0.5, 0.6) is 0 Å². The van der Waals surface area contributed by atoms with Crippen molar-refractivity contribution in [3.63, 3.8) is 0 Å². The Morgan fingerprint density at radius 3 is 2.21 bits per heavy atom. The third-order valence-electron chi connectivity index (χ3n) is 3.80. The average molecular weight is 279 g/mol. The second-order valence-corrected chi connectivity index (χ2v) is 6.07. The third-order valence-corrected chi connectivity index (χ3v) is 4.11. The molecule has 1 aliphatic rings. The van der Waals surface area contributed by atoms with Crippen LogP contribution < -0.4 is 11.2 Å². The van der Waals surface area contributed by atoms with Crippen LogP contribution in [-0.2, 0) is 9.31 Å². The molecule has 0 unspecified atom stereocenters. The van der Waals surface area contributed by atoms with Gasteiger partial charge < -0.3 is 15.0 Å². The van der Waals surface area contributed by atoms with Crippen molar-refractivity contribution in [2.45, 2.75) is 38.9 Å². The van der Waals surface area contributed by atoms with Crippen LogP contribution in [0.4, 0.5) is 5.69 Å². The van der Waals surface area contributed by atoms with Gasteiger partial charge in [0, 0.05) is 11.2 Å². The molecule has 1 fully saturated rings. The monoisotopic (exact) mass is 278 g/mol. The zero-order valence-electron chi connectivity index (χ0n) is 11.5. The first kappa shape index (κ1) is 14.2. The summed E-state index contributed by atoms with van der Waals surface area (Å²) < 4.78 is 11.8. The van der Waals surface area contributed by atoms with Crippen LogP contribution >= 0.6 is 11.6 Å². The van der Waals surface area contributed by atoms with Crippen molar-refractivity contribution in [1.29, 1.82) is 5.26 Å². The molecule has 0 atom stereocenters. The molecule has 1 heterocycles. The highest BCUT2D eigenvalue weighted by molar-refractivity contribution is 6.64. The predicted octanol–water partition coefficient (Wildman–Crippen LogP) is 2.09. The summed E-state index contributed by atoms with van der Waals surface area (Å²) in [6, 6.07) is 5.21. The minimum absolute atomic E-state index is 0.334. The summed E-state index contributed by atoms with van der Waals surface area (Å²) in [6.45, 7) is 7.85. The van der Waals surface area contributed by atoms with E-state index < -0.39 is 18.3 Å². The van der Waals surface area contributed by atoms with Crippen molar-refractivity contribution < 1.29 is 9.31 Å². The Labute approximate surface area is 118 Å². The van der Waals surface area contributed by atoms with Gasteiger partial charge in [0.15, 0.2) is 0 Å². The highest BCUT2D eigenvalue weighted by Crippen LogP contribution is 2.37. The first-order valence-electron chi connectivity index (χ1n) is 6.02. The number of nitrogen functional groups attached to an aromatic ring is 1. The molecule has 1 aromatic carbocycles. The molecular weight excluding hydrogens is 262 g/mol. The van der Waals surface area contributed by atoms with Gasteiger partial charge in [-0.15, -0.1) is 0 Å². The van der Waals surface area contributed by atoms with Gasteiger partial charge in [0.2, 0.25) is 0 Å². The molecule has 6 heteroatoms. The normalized spacial score (nSPS) is 20.3. The molecule has 100 valence electrons. The van der Waals surface area contributed by atoms with Crippen LogP contribution in [0.15, 0.2) is 12.1 Å². The predicted molar refractivity (Wildman–Crippen MR) is 76.3 cm³/mol. The lowest BCUT2D eigenvalue weighted by Crippen LogP contribution is -2.41. The maximum Gasteiger partial charge on any atom is 0.497 e. The number of hydrogen-bond donors (Lipinski definition) is 1. The average Bonchev–Trinajstić information content (AvgIpc) is 2.48. The lowest BCUT2D eigenvalue weighted by atomic mass is 9.77. The largest absolute Gasteiger partial charge is 0.497 e. The number of halogens is 1. The topological polar surface area (TPSA) is 68.3 Å². The summed E-state index contributed by atoms with van der Waals surface area (Å²) in [5.74, 6) is 0. The summed E-state index contributed by atoms with van der Waals surface area (Å²) in [5.41, 5.74) is 6.51. The van der Waals surface area contributed by atoms with Gasteiger partial charge in [-0.05, 0) is 39.8 Å². The van der Waals surface area contributed by atoms with Gasteiger partial charge in [-0.1, -0.05) is 11.6 Å². The Hall–Kier alpha value is -1.22. The van der Waals surface area contributed by atoms with Gasteiger partial charge in [-0.3, -0.25) is 0 Å². The molecule has 2 rings (SSSR count). The van der Waals surface area contributed by atoms with E-state index in [9.17, 15) is 0 Å². The minimum Gasteiger partial charge on any atom is -0.399 e. The van der Waals surface area contributed by atoms with E-state index in [-0.39, 0.29) is 0 Å². The van der Waals surface area contributed by atoms with Crippen molar-refractivity contribution >= 4 is 29.9 Å². The molecule has 0 saturated carbocycles. The number of benzene rings is 1. The van der Waals surface area contributed by atoms with E-state index in [2.05, 4.69) is 0 Å². The summed E-state index contributed by atoms with van der Waals surface area (Å²) >= 11 is 5.94. The van der Waals surface area contributed by atoms with Gasteiger partial charge in [0.25, 0.3) is 0 Å². The van der Waals surface area contributed by atoms with Crippen molar-refractivity contribution in [2.75, 3.05) is 5.73 Å². The van der Waals surface area contributed by atoms with Crippen molar-refractivity contribution in [1.82, 2.24) is 0 Å². The molecule has 2 N–H and O–H groups in total. The van der Waals surface area contributed by atoms with E-state index in [4.69, 9.17) is 31.9 Å². The molecule has 1 aliphatic heterocycles. The van der Waals surface area contributed by atoms with E-state index in [0.717, 1.165) is 0 Å². The molecule has 1 aromatic rings. The maximum atomic E-state index is 9.03. The summed E-state index contributed by atoms with van der Waals surface area (Å²) in [4.78, 5) is 0. The number of nitriles is 1.